The smallest absolute Gasteiger partial charge is 0.269 e. The molecule has 1 amide bonds. The fourth-order valence-electron chi connectivity index (χ4n) is 2.43. The van der Waals surface area contributed by atoms with E-state index < -0.39 is 4.92 Å². The summed E-state index contributed by atoms with van der Waals surface area (Å²) in [7, 11) is 0. The number of imidazole rings is 1. The summed E-state index contributed by atoms with van der Waals surface area (Å²) in [6.07, 6.45) is 3.12. The number of nitrogens with one attached hydrogen (secondary N) is 2. The molecular weight excluding hydrogens is 334 g/mol. The van der Waals surface area contributed by atoms with Crippen LogP contribution in [-0.2, 0) is 0 Å². The van der Waals surface area contributed by atoms with E-state index in [4.69, 9.17) is 0 Å². The largest absolute Gasteiger partial charge is 0.383 e. The SMILES string of the molecule is O=C(NCCNc1ccc([N+](=O)[O-])cc1)c1cncn1-c1ccccc1. The van der Waals surface area contributed by atoms with Crippen molar-refractivity contribution in [1.29, 1.82) is 0 Å². The maximum Gasteiger partial charge on any atom is 0.269 e. The standard InChI is InChI=1S/C18H17N5O3/c24-18(17-12-19-13-22(17)15-4-2-1-3-5-15)21-11-10-20-14-6-8-16(9-7-14)23(25)26/h1-9,12-13,20H,10-11H2,(H,21,24). The van der Waals surface area contributed by atoms with Gasteiger partial charge in [0, 0.05) is 36.6 Å². The third-order valence-corrected chi connectivity index (χ3v) is 3.72. The van der Waals surface area contributed by atoms with Crippen molar-refractivity contribution in [2.45, 2.75) is 0 Å². The molecule has 0 fully saturated rings. The molecule has 0 atom stereocenters. The Balaban J connectivity index is 1.52. The Bertz CT molecular complexity index is 891. The summed E-state index contributed by atoms with van der Waals surface area (Å²) >= 11 is 0. The molecule has 26 heavy (non-hydrogen) atoms. The molecule has 0 aliphatic heterocycles. The Morgan fingerprint density at radius 2 is 1.81 bits per heavy atom. The molecule has 1 aromatic heterocycles. The lowest BCUT2D eigenvalue weighted by Crippen LogP contribution is -2.30. The Kier molecular flexibility index (Phi) is 5.23. The molecule has 2 N–H and O–H groups in total. The molecule has 0 saturated carbocycles. The quantitative estimate of drug-likeness (QED) is 0.387. The molecule has 0 spiro atoms. The third kappa shape index (κ3) is 4.04. The topological polar surface area (TPSA) is 102 Å². The first-order valence-electron chi connectivity index (χ1n) is 7.99. The van der Waals surface area contributed by atoms with Crippen LogP contribution in [0.15, 0.2) is 67.1 Å². The van der Waals surface area contributed by atoms with Gasteiger partial charge < -0.3 is 10.6 Å². The number of nitro benzene ring substituents is 1. The number of rotatable bonds is 7. The molecule has 132 valence electrons. The van der Waals surface area contributed by atoms with Gasteiger partial charge in [0.2, 0.25) is 0 Å². The van der Waals surface area contributed by atoms with Crippen LogP contribution in [0.25, 0.3) is 5.69 Å². The second-order valence-electron chi connectivity index (χ2n) is 5.47. The molecule has 0 radical (unpaired) electrons. The summed E-state index contributed by atoms with van der Waals surface area (Å²) < 4.78 is 1.72. The van der Waals surface area contributed by atoms with Crippen LogP contribution < -0.4 is 10.6 Å². The average molecular weight is 351 g/mol. The first-order valence-corrected chi connectivity index (χ1v) is 7.99. The van der Waals surface area contributed by atoms with E-state index in [2.05, 4.69) is 15.6 Å². The highest BCUT2D eigenvalue weighted by Gasteiger charge is 2.12. The van der Waals surface area contributed by atoms with E-state index in [9.17, 15) is 14.9 Å². The number of aromatic nitrogens is 2. The van der Waals surface area contributed by atoms with Gasteiger partial charge in [0.1, 0.15) is 5.69 Å². The fraction of sp³-hybridized carbons (Fsp3) is 0.111. The van der Waals surface area contributed by atoms with Crippen molar-refractivity contribution in [2.75, 3.05) is 18.4 Å². The summed E-state index contributed by atoms with van der Waals surface area (Å²) in [4.78, 5) is 26.6. The summed E-state index contributed by atoms with van der Waals surface area (Å²) in [6, 6.07) is 15.6. The molecule has 8 heteroatoms. The summed E-state index contributed by atoms with van der Waals surface area (Å²) in [5.41, 5.74) is 2.10. The van der Waals surface area contributed by atoms with Gasteiger partial charge in [0.25, 0.3) is 11.6 Å². The minimum atomic E-state index is -0.445. The molecule has 0 aliphatic rings. The van der Waals surface area contributed by atoms with Crippen molar-refractivity contribution in [2.24, 2.45) is 0 Å². The van der Waals surface area contributed by atoms with Crippen LogP contribution in [-0.4, -0.2) is 33.5 Å². The predicted octanol–water partition coefficient (Wildman–Crippen LogP) is 2.62. The molecule has 0 bridgehead atoms. The number of non-ortho nitro benzene ring substituents is 1. The van der Waals surface area contributed by atoms with Crippen molar-refractivity contribution in [3.05, 3.63) is 82.9 Å². The van der Waals surface area contributed by atoms with E-state index in [1.165, 1.54) is 18.3 Å². The molecule has 0 unspecified atom stereocenters. The Morgan fingerprint density at radius 3 is 2.50 bits per heavy atom. The maximum absolute atomic E-state index is 12.4. The second-order valence-corrected chi connectivity index (χ2v) is 5.47. The molecule has 2 aromatic carbocycles. The number of nitro groups is 1. The van der Waals surface area contributed by atoms with Crippen molar-refractivity contribution in [3.8, 4) is 5.69 Å². The summed E-state index contributed by atoms with van der Waals surface area (Å²) in [5, 5.41) is 16.5. The molecule has 3 rings (SSSR count). The highest BCUT2D eigenvalue weighted by Crippen LogP contribution is 2.15. The van der Waals surface area contributed by atoms with Crippen LogP contribution in [0.4, 0.5) is 11.4 Å². The average Bonchev–Trinajstić information content (AvgIpc) is 3.16. The number of nitrogens with zero attached hydrogens (tertiary/aromatic N) is 3. The van der Waals surface area contributed by atoms with Gasteiger partial charge in [-0.15, -0.1) is 0 Å². The minimum absolute atomic E-state index is 0.0398. The van der Waals surface area contributed by atoms with Crippen molar-refractivity contribution < 1.29 is 9.72 Å². The van der Waals surface area contributed by atoms with Crippen molar-refractivity contribution in [1.82, 2.24) is 14.9 Å². The van der Waals surface area contributed by atoms with Crippen LogP contribution in [0.5, 0.6) is 0 Å². The van der Waals surface area contributed by atoms with Gasteiger partial charge in [0.15, 0.2) is 0 Å². The highest BCUT2D eigenvalue weighted by atomic mass is 16.6. The van der Waals surface area contributed by atoms with E-state index in [0.29, 0.717) is 18.8 Å². The van der Waals surface area contributed by atoms with Crippen molar-refractivity contribution in [3.63, 3.8) is 0 Å². The molecule has 1 heterocycles. The molecule has 0 aliphatic carbocycles. The van der Waals surface area contributed by atoms with Gasteiger partial charge in [-0.25, -0.2) is 4.98 Å². The number of para-hydroxylation sites is 1. The Hall–Kier alpha value is -3.68. The van der Waals surface area contributed by atoms with Crippen LogP contribution in [0, 0.1) is 10.1 Å². The number of amides is 1. The van der Waals surface area contributed by atoms with Crippen LogP contribution in [0.3, 0.4) is 0 Å². The Labute approximate surface area is 149 Å². The van der Waals surface area contributed by atoms with E-state index in [1.54, 1.807) is 23.0 Å². The predicted molar refractivity (Wildman–Crippen MR) is 97.5 cm³/mol. The van der Waals surface area contributed by atoms with Gasteiger partial charge in [0.05, 0.1) is 17.4 Å². The summed E-state index contributed by atoms with van der Waals surface area (Å²) in [5.74, 6) is -0.225. The highest BCUT2D eigenvalue weighted by molar-refractivity contribution is 5.93. The normalized spacial score (nSPS) is 10.3. The first kappa shape index (κ1) is 17.2. The van der Waals surface area contributed by atoms with Gasteiger partial charge in [-0.05, 0) is 24.3 Å². The lowest BCUT2D eigenvalue weighted by atomic mass is 10.3. The summed E-state index contributed by atoms with van der Waals surface area (Å²) in [6.45, 7) is 0.888. The number of carbonyl (C=O) groups excluding carboxylic acids is 1. The van der Waals surface area contributed by atoms with E-state index in [1.807, 2.05) is 30.3 Å². The van der Waals surface area contributed by atoms with E-state index >= 15 is 0 Å². The zero-order valence-corrected chi connectivity index (χ0v) is 13.8. The van der Waals surface area contributed by atoms with Crippen LogP contribution >= 0.6 is 0 Å². The molecule has 3 aromatic rings. The fourth-order valence-corrected chi connectivity index (χ4v) is 2.43. The number of carbonyl (C=O) groups is 1. The van der Waals surface area contributed by atoms with E-state index in [0.717, 1.165) is 11.4 Å². The lowest BCUT2D eigenvalue weighted by molar-refractivity contribution is -0.384. The number of hydrogen-bond donors (Lipinski definition) is 2. The number of hydrogen-bond acceptors (Lipinski definition) is 5. The van der Waals surface area contributed by atoms with Crippen molar-refractivity contribution >= 4 is 17.3 Å². The van der Waals surface area contributed by atoms with Gasteiger partial charge in [-0.3, -0.25) is 19.5 Å². The molecule has 0 saturated heterocycles. The van der Waals surface area contributed by atoms with Gasteiger partial charge in [-0.1, -0.05) is 18.2 Å². The van der Waals surface area contributed by atoms with Gasteiger partial charge in [-0.2, -0.15) is 0 Å². The third-order valence-electron chi connectivity index (χ3n) is 3.72. The molecule has 8 nitrogen and oxygen atoms in total. The van der Waals surface area contributed by atoms with Crippen LogP contribution in [0.2, 0.25) is 0 Å². The maximum atomic E-state index is 12.4. The lowest BCUT2D eigenvalue weighted by Gasteiger charge is -2.10. The first-order chi connectivity index (χ1) is 12.6. The van der Waals surface area contributed by atoms with E-state index in [-0.39, 0.29) is 11.6 Å². The number of benzene rings is 2. The molecular formula is C18H17N5O3. The minimum Gasteiger partial charge on any atom is -0.383 e. The monoisotopic (exact) mass is 351 g/mol. The van der Waals surface area contributed by atoms with Gasteiger partial charge >= 0.3 is 0 Å². The zero-order valence-electron chi connectivity index (χ0n) is 13.8. The van der Waals surface area contributed by atoms with Crippen LogP contribution in [0.1, 0.15) is 10.5 Å². The second kappa shape index (κ2) is 7.93. The Morgan fingerprint density at radius 1 is 1.08 bits per heavy atom. The zero-order chi connectivity index (χ0) is 18.4. The number of anilines is 1.